The first-order chi connectivity index (χ1) is 8.66. The van der Waals surface area contributed by atoms with Crippen molar-refractivity contribution in [3.05, 3.63) is 0 Å². The van der Waals surface area contributed by atoms with E-state index in [1.54, 1.807) is 0 Å². The Bertz CT molecular complexity index is 392. The van der Waals surface area contributed by atoms with E-state index in [-0.39, 0.29) is 124 Å². The molecule has 0 bridgehead atoms. The summed E-state index contributed by atoms with van der Waals surface area (Å²) in [6, 6.07) is 0. The van der Waals surface area contributed by atoms with Crippen molar-refractivity contribution in [3.8, 4) is 0 Å². The molecule has 0 aromatic rings. The molecule has 0 aliphatic rings. The predicted octanol–water partition coefficient (Wildman–Crippen LogP) is -10.9. The van der Waals surface area contributed by atoms with Gasteiger partial charge in [-0.1, -0.05) is 0 Å². The molecular weight excluding hydrogens is 952 g/mol. The van der Waals surface area contributed by atoms with E-state index >= 15 is 0 Å². The molecule has 0 spiro atoms. The molecule has 23 heavy (non-hydrogen) atoms. The Labute approximate surface area is 261 Å². The van der Waals surface area contributed by atoms with Crippen LogP contribution in [-0.4, -0.2) is 94.4 Å². The summed E-state index contributed by atoms with van der Waals surface area (Å²) < 4.78 is 129. The molecule has 0 aliphatic heterocycles. The molecule has 0 amide bonds. The molecule has 0 aliphatic carbocycles. The molecule has 0 aromatic carbocycles. The number of rotatable bonds is 0. The van der Waals surface area contributed by atoms with E-state index in [0.29, 0.717) is 0 Å². The SMILES string of the molecule is [Ba+2].[Na+].[O]=[Nb](=[O])[O-].[O]=[Nb](=[O])[O-].[O]=[Nb](=[O])[O-].[O]=[Nb](=[O])[O-].[O]=[Nb](=[O])[O-].[Sr+2]. The van der Waals surface area contributed by atoms with Crippen molar-refractivity contribution in [2.75, 3.05) is 0 Å². The fourth-order valence-corrected chi connectivity index (χ4v) is 0. The Morgan fingerprint density at radius 2 is 0.391 bits per heavy atom. The summed E-state index contributed by atoms with van der Waals surface area (Å²) >= 11 is -21.0. The summed E-state index contributed by atoms with van der Waals surface area (Å²) in [6.45, 7) is 0. The van der Waals surface area contributed by atoms with Crippen LogP contribution in [0.4, 0.5) is 0 Å². The van der Waals surface area contributed by atoms with Crippen LogP contribution in [0.15, 0.2) is 0 Å². The standard InChI is InChI=1S/Ba.Na.5Nb.15O.Sr/q+2;+1;;;;;;;;;;;;;;;;5*-1;+2. The van der Waals surface area contributed by atoms with Crippen LogP contribution in [0, 0.1) is 0 Å². The van der Waals surface area contributed by atoms with Gasteiger partial charge in [-0.05, 0) is 0 Å². The molecule has 0 radical (unpaired) electrons. The summed E-state index contributed by atoms with van der Waals surface area (Å²) in [5.41, 5.74) is 0. The molecule has 120 valence electrons. The van der Waals surface area contributed by atoms with Crippen LogP contribution in [0.25, 0.3) is 0 Å². The van der Waals surface area contributed by atoms with Crippen LogP contribution >= 0.6 is 0 Å². The van der Waals surface area contributed by atoms with E-state index in [0.717, 1.165) is 0 Å². The van der Waals surface area contributed by atoms with Gasteiger partial charge in [0, 0.05) is 0 Å². The van der Waals surface area contributed by atoms with Crippen LogP contribution in [0.1, 0.15) is 0 Å². The molecule has 0 N–H and O–H groups in total. The first-order valence-electron chi connectivity index (χ1n) is 2.74. The minimum Gasteiger partial charge on any atom is 2.00 e. The average molecular weight is 952 g/mol. The van der Waals surface area contributed by atoms with Crippen molar-refractivity contribution in [2.24, 2.45) is 0 Å². The van der Waals surface area contributed by atoms with Gasteiger partial charge in [0.15, 0.2) is 0 Å². The van der Waals surface area contributed by atoms with Gasteiger partial charge in [-0.15, -0.1) is 0 Å². The van der Waals surface area contributed by atoms with Gasteiger partial charge in [0.25, 0.3) is 0 Å². The van der Waals surface area contributed by atoms with Gasteiger partial charge in [-0.2, -0.15) is 0 Å². The smallest absolute Gasteiger partial charge is 2.00 e. The summed E-state index contributed by atoms with van der Waals surface area (Å²) in [7, 11) is 0. The number of hydrogen-bond donors (Lipinski definition) is 0. The normalized spacial score (nSPS) is 5.43. The molecule has 0 saturated carbocycles. The predicted molar refractivity (Wildman–Crippen MR) is 18.4 cm³/mol. The topological polar surface area (TPSA) is 286 Å². The minimum absolute atomic E-state index is 0. The van der Waals surface area contributed by atoms with Crippen LogP contribution in [0.5, 0.6) is 0 Å². The van der Waals surface area contributed by atoms with E-state index < -0.39 is 93.9 Å². The molecule has 0 aromatic heterocycles. The maximum atomic E-state index is 8.60. The number of hydrogen-bond acceptors (Lipinski definition) is 15. The Morgan fingerprint density at radius 3 is 0.391 bits per heavy atom. The van der Waals surface area contributed by atoms with Crippen molar-refractivity contribution in [3.63, 3.8) is 0 Å². The van der Waals surface area contributed by atoms with Gasteiger partial charge in [-0.3, -0.25) is 0 Å². The van der Waals surface area contributed by atoms with Crippen LogP contribution in [0.2, 0.25) is 0 Å². The molecule has 0 fully saturated rings. The average Bonchev–Trinajstić information content (AvgIpc) is 1.94. The fraction of sp³-hybridized carbons (Fsp3) is 0. The molecule has 0 unspecified atom stereocenters. The summed E-state index contributed by atoms with van der Waals surface area (Å²) in [4.78, 5) is 0. The summed E-state index contributed by atoms with van der Waals surface area (Å²) in [5, 5.41) is 0. The largest absolute Gasteiger partial charge is 2.00 e. The van der Waals surface area contributed by atoms with E-state index in [2.05, 4.69) is 0 Å². The van der Waals surface area contributed by atoms with Crippen molar-refractivity contribution < 1.29 is 174 Å². The van der Waals surface area contributed by atoms with Crippen LogP contribution in [-0.2, 0) is 126 Å². The van der Waals surface area contributed by atoms with E-state index in [9.17, 15) is 0 Å². The Morgan fingerprint density at radius 1 is 0.391 bits per heavy atom. The first kappa shape index (κ1) is 51.3. The fourth-order valence-electron chi connectivity index (χ4n) is 0. The second-order valence-corrected chi connectivity index (χ2v) is 6.61. The second-order valence-electron chi connectivity index (χ2n) is 1.12. The monoisotopic (exact) mass is 953 g/mol. The van der Waals surface area contributed by atoms with Crippen LogP contribution in [0.3, 0.4) is 0 Å². The van der Waals surface area contributed by atoms with Crippen molar-refractivity contribution in [2.45, 2.75) is 0 Å². The summed E-state index contributed by atoms with van der Waals surface area (Å²) in [6.07, 6.45) is 0. The van der Waals surface area contributed by atoms with E-state index in [1.807, 2.05) is 0 Å². The van der Waals surface area contributed by atoms with Crippen LogP contribution < -0.4 is 47.6 Å². The van der Waals surface area contributed by atoms with Gasteiger partial charge in [0.05, 0.1) is 0 Å². The molecule has 23 heteroatoms. The first-order valence-corrected chi connectivity index (χ1v) is 16.2. The molecule has 15 nitrogen and oxygen atoms in total. The quantitative estimate of drug-likeness (QED) is 0.204. The zero-order chi connectivity index (χ0) is 17.9. The minimum atomic E-state index is -4.20. The zero-order valence-corrected chi connectivity index (χ0v) is 31.7. The molecule has 0 saturated heterocycles. The Kier molecular flexibility index (Phi) is 103. The molecule has 0 rings (SSSR count). The van der Waals surface area contributed by atoms with Gasteiger partial charge in [0.2, 0.25) is 0 Å². The molecule has 0 heterocycles. The third-order valence-corrected chi connectivity index (χ3v) is 0. The third-order valence-electron chi connectivity index (χ3n) is 0. The van der Waals surface area contributed by atoms with Crippen molar-refractivity contribution in [1.82, 2.24) is 0 Å². The maximum Gasteiger partial charge on any atom is 2.00 e. The molecule has 0 atom stereocenters. The van der Waals surface area contributed by atoms with Crippen molar-refractivity contribution >= 4 is 94.4 Å². The van der Waals surface area contributed by atoms with Gasteiger partial charge < -0.3 is 0 Å². The molecular formula is BaNaNb5O15Sr. The van der Waals surface area contributed by atoms with E-state index in [4.69, 9.17) is 50.6 Å². The summed E-state index contributed by atoms with van der Waals surface area (Å²) in [5.74, 6) is 0. The van der Waals surface area contributed by atoms with Crippen molar-refractivity contribution in [1.29, 1.82) is 0 Å². The van der Waals surface area contributed by atoms with Gasteiger partial charge in [-0.25, -0.2) is 0 Å². The third kappa shape index (κ3) is 583. The maximum absolute atomic E-state index is 8.60. The Hall–Kier alpha value is 5.55. The zero-order valence-electron chi connectivity index (χ0n) is 10.8. The Balaban J connectivity index is -0.0000000197. The second kappa shape index (κ2) is 46.0. The van der Waals surface area contributed by atoms with Gasteiger partial charge >= 0.3 is 268 Å². The van der Waals surface area contributed by atoms with Gasteiger partial charge in [0.1, 0.15) is 0 Å². The van der Waals surface area contributed by atoms with E-state index in [1.165, 1.54) is 0 Å².